The molecule has 0 saturated carbocycles. The summed E-state index contributed by atoms with van der Waals surface area (Å²) in [7, 11) is 3.80. The molecule has 1 aromatic carbocycles. The number of nitrogens with zero attached hydrogens (tertiary/aromatic N) is 4. The number of benzene rings is 1. The number of hydrogen-bond acceptors (Lipinski definition) is 5. The van der Waals surface area contributed by atoms with Crippen LogP contribution in [0.3, 0.4) is 0 Å². The SMILES string of the molecule is C=C(c1nc(/C=C/CNC(=O)c2cnn(C)c2)cc2c(N[C@H]3CCN(C)C[C@@H]3C)cccc12)C(F)(F)F. The van der Waals surface area contributed by atoms with Gasteiger partial charge in [-0.3, -0.25) is 9.48 Å². The number of likely N-dealkylation sites (tertiary alicyclic amines) is 1. The molecule has 0 spiro atoms. The van der Waals surface area contributed by atoms with E-state index in [-0.39, 0.29) is 24.2 Å². The zero-order chi connectivity index (χ0) is 26.7. The molecule has 3 aromatic rings. The minimum Gasteiger partial charge on any atom is -0.381 e. The highest BCUT2D eigenvalue weighted by Gasteiger charge is 2.35. The quantitative estimate of drug-likeness (QED) is 0.479. The predicted octanol–water partition coefficient (Wildman–Crippen LogP) is 4.74. The van der Waals surface area contributed by atoms with Crippen LogP contribution in [-0.2, 0) is 7.05 Å². The molecule has 2 N–H and O–H groups in total. The van der Waals surface area contributed by atoms with Gasteiger partial charge in [0.1, 0.15) is 0 Å². The number of halogens is 3. The fourth-order valence-electron chi connectivity index (χ4n) is 4.61. The number of anilines is 1. The number of carbonyl (C=O) groups is 1. The molecule has 2 atom stereocenters. The van der Waals surface area contributed by atoms with Crippen LogP contribution in [0.4, 0.5) is 18.9 Å². The average Bonchev–Trinajstić information content (AvgIpc) is 3.28. The number of nitrogens with one attached hydrogen (secondary N) is 2. The van der Waals surface area contributed by atoms with Crippen molar-refractivity contribution >= 4 is 34.0 Å². The third kappa shape index (κ3) is 6.19. The molecule has 1 aliphatic rings. The summed E-state index contributed by atoms with van der Waals surface area (Å²) in [6, 6.07) is 7.23. The van der Waals surface area contributed by atoms with Crippen molar-refractivity contribution in [3.05, 3.63) is 66.3 Å². The van der Waals surface area contributed by atoms with Crippen molar-refractivity contribution < 1.29 is 18.0 Å². The molecule has 37 heavy (non-hydrogen) atoms. The minimum absolute atomic E-state index is 0.177. The van der Waals surface area contributed by atoms with Crippen molar-refractivity contribution in [1.82, 2.24) is 25.0 Å². The smallest absolute Gasteiger partial charge is 0.381 e. The maximum Gasteiger partial charge on any atom is 0.417 e. The van der Waals surface area contributed by atoms with Gasteiger partial charge in [-0.15, -0.1) is 0 Å². The van der Waals surface area contributed by atoms with Gasteiger partial charge < -0.3 is 15.5 Å². The lowest BCUT2D eigenvalue weighted by Gasteiger charge is -2.36. The van der Waals surface area contributed by atoms with Crippen LogP contribution in [0.5, 0.6) is 0 Å². The number of aryl methyl sites for hydroxylation is 1. The van der Waals surface area contributed by atoms with Gasteiger partial charge in [-0.05, 0) is 44.1 Å². The summed E-state index contributed by atoms with van der Waals surface area (Å²) in [6.45, 7) is 7.55. The van der Waals surface area contributed by atoms with E-state index in [0.717, 1.165) is 25.2 Å². The van der Waals surface area contributed by atoms with Gasteiger partial charge in [-0.25, -0.2) is 4.98 Å². The van der Waals surface area contributed by atoms with Crippen LogP contribution in [0.15, 0.2) is 49.3 Å². The van der Waals surface area contributed by atoms with E-state index in [4.69, 9.17) is 0 Å². The van der Waals surface area contributed by atoms with Gasteiger partial charge in [0.2, 0.25) is 0 Å². The number of piperidine rings is 1. The second-order valence-electron chi connectivity index (χ2n) is 9.57. The van der Waals surface area contributed by atoms with E-state index < -0.39 is 11.7 Å². The minimum atomic E-state index is -4.62. The molecule has 196 valence electrons. The molecule has 0 unspecified atom stereocenters. The molecule has 0 bridgehead atoms. The van der Waals surface area contributed by atoms with E-state index in [0.29, 0.717) is 27.9 Å². The third-order valence-electron chi connectivity index (χ3n) is 6.61. The zero-order valence-electron chi connectivity index (χ0n) is 21.1. The monoisotopic (exact) mass is 512 g/mol. The van der Waals surface area contributed by atoms with Crippen LogP contribution in [-0.4, -0.2) is 64.5 Å². The van der Waals surface area contributed by atoms with E-state index in [1.807, 2.05) is 6.07 Å². The number of amides is 1. The van der Waals surface area contributed by atoms with E-state index in [9.17, 15) is 18.0 Å². The zero-order valence-corrected chi connectivity index (χ0v) is 21.1. The number of hydrogen-bond donors (Lipinski definition) is 2. The standard InChI is InChI=1S/C27H31F3N6O/c1-17-15-35(3)12-10-23(17)34-24-9-5-8-21-22(24)13-20(33-25(21)18(2)27(28,29)30)7-6-11-31-26(37)19-14-32-36(4)16-19/h5-9,13-14,16-17,23,34H,2,10-12,15H2,1,3-4H3,(H,31,37)/b7-6+/t17-,23-/m0/s1. The van der Waals surface area contributed by atoms with Crippen molar-refractivity contribution in [3.63, 3.8) is 0 Å². The molecular weight excluding hydrogens is 481 g/mol. The van der Waals surface area contributed by atoms with Gasteiger partial charge in [0, 0.05) is 48.8 Å². The highest BCUT2D eigenvalue weighted by molar-refractivity contribution is 6.01. The van der Waals surface area contributed by atoms with Crippen LogP contribution in [0.25, 0.3) is 22.4 Å². The van der Waals surface area contributed by atoms with Gasteiger partial charge in [-0.1, -0.05) is 31.7 Å². The van der Waals surface area contributed by atoms with Gasteiger partial charge >= 0.3 is 6.18 Å². The fraction of sp³-hybridized carbons (Fsp3) is 0.370. The first-order valence-electron chi connectivity index (χ1n) is 12.1. The highest BCUT2D eigenvalue weighted by Crippen LogP contribution is 2.37. The highest BCUT2D eigenvalue weighted by atomic mass is 19.4. The van der Waals surface area contributed by atoms with Gasteiger partial charge in [-0.2, -0.15) is 18.3 Å². The Kier molecular flexibility index (Phi) is 7.68. The summed E-state index contributed by atoms with van der Waals surface area (Å²) in [5.41, 5.74) is 0.320. The Morgan fingerprint density at radius 1 is 1.27 bits per heavy atom. The topological polar surface area (TPSA) is 75.1 Å². The Bertz CT molecular complexity index is 1330. The Balaban J connectivity index is 1.63. The molecule has 2 aromatic heterocycles. The molecular formula is C27H31F3N6O. The van der Waals surface area contributed by atoms with E-state index in [1.54, 1.807) is 43.6 Å². The maximum absolute atomic E-state index is 13.7. The van der Waals surface area contributed by atoms with Crippen LogP contribution < -0.4 is 10.6 Å². The first-order chi connectivity index (χ1) is 17.5. The molecule has 7 nitrogen and oxygen atoms in total. The van der Waals surface area contributed by atoms with Crippen LogP contribution in [0, 0.1) is 5.92 Å². The molecule has 1 saturated heterocycles. The molecule has 1 aliphatic heterocycles. The van der Waals surface area contributed by atoms with Crippen molar-refractivity contribution in [3.8, 4) is 0 Å². The van der Waals surface area contributed by atoms with Crippen molar-refractivity contribution in [1.29, 1.82) is 0 Å². The Morgan fingerprint density at radius 2 is 2.05 bits per heavy atom. The van der Waals surface area contributed by atoms with Gasteiger partial charge in [0.25, 0.3) is 5.91 Å². The second kappa shape index (κ2) is 10.8. The number of alkyl halides is 3. The maximum atomic E-state index is 13.7. The predicted molar refractivity (Wildman–Crippen MR) is 140 cm³/mol. The van der Waals surface area contributed by atoms with Crippen molar-refractivity contribution in [2.45, 2.75) is 25.6 Å². The van der Waals surface area contributed by atoms with Crippen molar-refractivity contribution in [2.75, 3.05) is 32.0 Å². The van der Waals surface area contributed by atoms with Gasteiger partial charge in [0.15, 0.2) is 0 Å². The lowest BCUT2D eigenvalue weighted by Crippen LogP contribution is -2.43. The third-order valence-corrected chi connectivity index (χ3v) is 6.61. The molecule has 0 radical (unpaired) electrons. The lowest BCUT2D eigenvalue weighted by molar-refractivity contribution is -0.0688. The van der Waals surface area contributed by atoms with Crippen LogP contribution >= 0.6 is 0 Å². The molecule has 1 amide bonds. The number of allylic oxidation sites excluding steroid dienone is 1. The number of aromatic nitrogens is 3. The molecule has 10 heteroatoms. The first kappa shape index (κ1) is 26.4. The van der Waals surface area contributed by atoms with E-state index in [1.165, 1.54) is 10.9 Å². The Morgan fingerprint density at radius 3 is 2.73 bits per heavy atom. The molecule has 3 heterocycles. The molecule has 0 aliphatic carbocycles. The van der Waals surface area contributed by atoms with E-state index >= 15 is 0 Å². The molecule has 4 rings (SSSR count). The lowest BCUT2D eigenvalue weighted by atomic mass is 9.93. The van der Waals surface area contributed by atoms with Gasteiger partial charge in [0.05, 0.1) is 28.7 Å². The fourth-order valence-corrected chi connectivity index (χ4v) is 4.61. The van der Waals surface area contributed by atoms with Crippen LogP contribution in [0.2, 0.25) is 0 Å². The summed E-state index contributed by atoms with van der Waals surface area (Å²) < 4.78 is 42.6. The van der Waals surface area contributed by atoms with E-state index in [2.05, 4.69) is 46.2 Å². The average molecular weight is 513 g/mol. The second-order valence-corrected chi connectivity index (χ2v) is 9.57. The number of pyridine rings is 1. The Labute approximate surface area is 214 Å². The number of fused-ring (bicyclic) bond motifs is 1. The summed E-state index contributed by atoms with van der Waals surface area (Å²) in [5, 5.41) is 11.3. The normalized spacial score (nSPS) is 18.9. The summed E-state index contributed by atoms with van der Waals surface area (Å²) in [5.74, 6) is 0.0809. The number of rotatable bonds is 7. The largest absolute Gasteiger partial charge is 0.417 e. The molecule has 1 fully saturated rings. The summed E-state index contributed by atoms with van der Waals surface area (Å²) in [4.78, 5) is 18.8. The summed E-state index contributed by atoms with van der Waals surface area (Å²) in [6.07, 6.45) is 2.62. The number of carbonyl (C=O) groups excluding carboxylic acids is 1. The summed E-state index contributed by atoms with van der Waals surface area (Å²) >= 11 is 0. The van der Waals surface area contributed by atoms with Crippen molar-refractivity contribution in [2.24, 2.45) is 13.0 Å². The first-order valence-corrected chi connectivity index (χ1v) is 12.1. The Hall–Kier alpha value is -3.66. The van der Waals surface area contributed by atoms with Crippen LogP contribution in [0.1, 0.15) is 35.1 Å².